The lowest BCUT2D eigenvalue weighted by Crippen LogP contribution is -2.03. The van der Waals surface area contributed by atoms with Crippen LogP contribution in [0.1, 0.15) is 11.1 Å². The van der Waals surface area contributed by atoms with Crippen LogP contribution in [0.2, 0.25) is 0 Å². The summed E-state index contributed by atoms with van der Waals surface area (Å²) in [6.07, 6.45) is 1.44. The van der Waals surface area contributed by atoms with Gasteiger partial charge in [-0.15, -0.1) is 0 Å². The molecule has 0 saturated carbocycles. The Labute approximate surface area is 118 Å². The van der Waals surface area contributed by atoms with Gasteiger partial charge in [0.15, 0.2) is 0 Å². The third-order valence-electron chi connectivity index (χ3n) is 3.53. The van der Waals surface area contributed by atoms with Crippen LogP contribution in [0.4, 0.5) is 0 Å². The normalized spacial score (nSPS) is 14.5. The highest BCUT2D eigenvalue weighted by Crippen LogP contribution is 2.23. The molecule has 2 aromatic carbocycles. The first-order valence-electron chi connectivity index (χ1n) is 6.79. The number of ether oxygens (including phenoxy) is 1. The van der Waals surface area contributed by atoms with Crippen LogP contribution in [-0.4, -0.2) is 12.6 Å². The van der Waals surface area contributed by atoms with E-state index in [1.807, 2.05) is 48.5 Å². The van der Waals surface area contributed by atoms with Crippen LogP contribution in [0.25, 0.3) is 0 Å². The molecule has 0 aliphatic carbocycles. The quantitative estimate of drug-likeness (QED) is 0.792. The van der Waals surface area contributed by atoms with Crippen molar-refractivity contribution in [1.29, 1.82) is 0 Å². The maximum absolute atomic E-state index is 11.9. The summed E-state index contributed by atoms with van der Waals surface area (Å²) in [5.41, 5.74) is 4.28. The molecule has 0 saturated heterocycles. The molecule has 2 nitrogen and oxygen atoms in total. The number of hydrogen-bond acceptors (Lipinski definition) is 2. The van der Waals surface area contributed by atoms with Crippen molar-refractivity contribution in [3.63, 3.8) is 0 Å². The molecule has 100 valence electrons. The lowest BCUT2D eigenvalue weighted by molar-refractivity contribution is -0.136. The topological polar surface area (TPSA) is 26.3 Å². The number of carbonyl (C=O) groups is 1. The van der Waals surface area contributed by atoms with Crippen molar-refractivity contribution in [2.45, 2.75) is 12.8 Å². The highest BCUT2D eigenvalue weighted by atomic mass is 16.5. The zero-order chi connectivity index (χ0) is 13.8. The Hall–Kier alpha value is -2.35. The Morgan fingerprint density at radius 1 is 0.800 bits per heavy atom. The molecule has 0 N–H and O–H groups in total. The van der Waals surface area contributed by atoms with Gasteiger partial charge in [-0.05, 0) is 23.1 Å². The Morgan fingerprint density at radius 2 is 1.35 bits per heavy atom. The molecule has 20 heavy (non-hydrogen) atoms. The average Bonchev–Trinajstić information content (AvgIpc) is 2.83. The van der Waals surface area contributed by atoms with Gasteiger partial charge in [0.05, 0.1) is 0 Å². The number of esters is 1. The number of rotatable bonds is 4. The second-order valence-electron chi connectivity index (χ2n) is 4.98. The average molecular weight is 264 g/mol. The van der Waals surface area contributed by atoms with E-state index < -0.39 is 0 Å². The van der Waals surface area contributed by atoms with Crippen LogP contribution in [-0.2, 0) is 22.4 Å². The van der Waals surface area contributed by atoms with Gasteiger partial charge in [0, 0.05) is 12.0 Å². The van der Waals surface area contributed by atoms with Gasteiger partial charge >= 0.3 is 5.97 Å². The first-order valence-corrected chi connectivity index (χ1v) is 6.79. The van der Waals surface area contributed by atoms with Gasteiger partial charge in [-0.2, -0.15) is 0 Å². The van der Waals surface area contributed by atoms with Crippen LogP contribution >= 0.6 is 0 Å². The summed E-state index contributed by atoms with van der Waals surface area (Å²) < 4.78 is 5.21. The highest BCUT2D eigenvalue weighted by molar-refractivity contribution is 5.92. The van der Waals surface area contributed by atoms with Crippen molar-refractivity contribution in [3.8, 4) is 0 Å². The van der Waals surface area contributed by atoms with E-state index in [1.54, 1.807) is 0 Å². The SMILES string of the molecule is O=C1OCC(Cc2ccccc2)=C1Cc1ccccc1. The van der Waals surface area contributed by atoms with Gasteiger partial charge in [-0.1, -0.05) is 60.7 Å². The third-order valence-corrected chi connectivity index (χ3v) is 3.53. The molecule has 0 fully saturated rings. The van der Waals surface area contributed by atoms with E-state index in [9.17, 15) is 4.79 Å². The van der Waals surface area contributed by atoms with E-state index in [4.69, 9.17) is 4.74 Å². The molecule has 0 spiro atoms. The van der Waals surface area contributed by atoms with Crippen LogP contribution in [0.5, 0.6) is 0 Å². The van der Waals surface area contributed by atoms with Gasteiger partial charge in [0.2, 0.25) is 0 Å². The Morgan fingerprint density at radius 3 is 1.95 bits per heavy atom. The van der Waals surface area contributed by atoms with Crippen LogP contribution in [0.15, 0.2) is 71.8 Å². The van der Waals surface area contributed by atoms with E-state index in [1.165, 1.54) is 5.56 Å². The number of cyclic esters (lactones) is 1. The molecule has 0 atom stereocenters. The van der Waals surface area contributed by atoms with E-state index in [0.29, 0.717) is 13.0 Å². The summed E-state index contributed by atoms with van der Waals surface area (Å²) in [6.45, 7) is 0.426. The highest BCUT2D eigenvalue weighted by Gasteiger charge is 2.24. The second kappa shape index (κ2) is 5.74. The fourth-order valence-electron chi connectivity index (χ4n) is 2.47. The summed E-state index contributed by atoms with van der Waals surface area (Å²) in [6, 6.07) is 20.2. The van der Waals surface area contributed by atoms with Gasteiger partial charge in [0.1, 0.15) is 6.61 Å². The molecule has 2 aromatic rings. The van der Waals surface area contributed by atoms with Crippen molar-refractivity contribution >= 4 is 5.97 Å². The summed E-state index contributed by atoms with van der Waals surface area (Å²) in [5, 5.41) is 0. The minimum Gasteiger partial charge on any atom is -0.458 e. The molecule has 2 heteroatoms. The van der Waals surface area contributed by atoms with E-state index in [-0.39, 0.29) is 5.97 Å². The summed E-state index contributed by atoms with van der Waals surface area (Å²) >= 11 is 0. The minimum absolute atomic E-state index is 0.167. The van der Waals surface area contributed by atoms with E-state index in [0.717, 1.165) is 23.1 Å². The van der Waals surface area contributed by atoms with Crippen molar-refractivity contribution < 1.29 is 9.53 Å². The standard InChI is InChI=1S/C18H16O2/c19-18-17(12-15-9-5-2-6-10-15)16(13-20-18)11-14-7-3-1-4-8-14/h1-10H,11-13H2. The zero-order valence-corrected chi connectivity index (χ0v) is 11.2. The lowest BCUT2D eigenvalue weighted by atomic mass is 9.97. The second-order valence-corrected chi connectivity index (χ2v) is 4.98. The van der Waals surface area contributed by atoms with E-state index in [2.05, 4.69) is 12.1 Å². The predicted molar refractivity (Wildman–Crippen MR) is 78.3 cm³/mol. The number of carbonyl (C=O) groups excluding carboxylic acids is 1. The molecule has 3 rings (SSSR count). The van der Waals surface area contributed by atoms with Crippen LogP contribution < -0.4 is 0 Å². The van der Waals surface area contributed by atoms with E-state index >= 15 is 0 Å². The van der Waals surface area contributed by atoms with Gasteiger partial charge in [0.25, 0.3) is 0 Å². The summed E-state index contributed by atoms with van der Waals surface area (Å²) in [7, 11) is 0. The maximum atomic E-state index is 11.9. The Kier molecular flexibility index (Phi) is 3.64. The fraction of sp³-hybridized carbons (Fsp3) is 0.167. The lowest BCUT2D eigenvalue weighted by Gasteiger charge is -2.04. The summed E-state index contributed by atoms with van der Waals surface area (Å²) in [4.78, 5) is 11.9. The smallest absolute Gasteiger partial charge is 0.334 e. The molecule has 1 aliphatic heterocycles. The molecular formula is C18H16O2. The Balaban J connectivity index is 1.84. The van der Waals surface area contributed by atoms with Crippen LogP contribution in [0, 0.1) is 0 Å². The molecule has 0 aromatic heterocycles. The third kappa shape index (κ3) is 2.80. The monoisotopic (exact) mass is 264 g/mol. The first-order chi connectivity index (χ1) is 9.83. The molecule has 0 radical (unpaired) electrons. The minimum atomic E-state index is -0.167. The van der Waals surface area contributed by atoms with Crippen molar-refractivity contribution in [1.82, 2.24) is 0 Å². The molecule has 1 aliphatic rings. The van der Waals surface area contributed by atoms with Crippen molar-refractivity contribution in [2.75, 3.05) is 6.61 Å². The van der Waals surface area contributed by atoms with Crippen molar-refractivity contribution in [3.05, 3.63) is 82.9 Å². The maximum Gasteiger partial charge on any atom is 0.334 e. The molecule has 0 bridgehead atoms. The number of hydrogen-bond donors (Lipinski definition) is 0. The first kappa shape index (κ1) is 12.7. The van der Waals surface area contributed by atoms with Gasteiger partial charge in [-0.3, -0.25) is 0 Å². The molecule has 0 amide bonds. The molecule has 0 unspecified atom stereocenters. The molecule has 1 heterocycles. The van der Waals surface area contributed by atoms with Crippen molar-refractivity contribution in [2.24, 2.45) is 0 Å². The summed E-state index contributed by atoms with van der Waals surface area (Å²) in [5.74, 6) is -0.167. The largest absolute Gasteiger partial charge is 0.458 e. The van der Waals surface area contributed by atoms with Gasteiger partial charge in [-0.25, -0.2) is 4.79 Å². The Bertz CT molecular complexity index is 627. The number of benzene rings is 2. The predicted octanol–water partition coefficient (Wildman–Crippen LogP) is 3.33. The van der Waals surface area contributed by atoms with Gasteiger partial charge < -0.3 is 4.74 Å². The fourth-order valence-corrected chi connectivity index (χ4v) is 2.47. The molecular weight excluding hydrogens is 248 g/mol. The van der Waals surface area contributed by atoms with Crippen LogP contribution in [0.3, 0.4) is 0 Å². The zero-order valence-electron chi connectivity index (χ0n) is 11.2.